The van der Waals surface area contributed by atoms with Crippen molar-refractivity contribution in [2.24, 2.45) is 5.73 Å². The van der Waals surface area contributed by atoms with Gasteiger partial charge in [0, 0.05) is 24.3 Å². The van der Waals surface area contributed by atoms with Gasteiger partial charge in [0.1, 0.15) is 0 Å². The van der Waals surface area contributed by atoms with Crippen LogP contribution >= 0.6 is 24.0 Å². The molecule has 2 unspecified atom stereocenters. The fourth-order valence-electron chi connectivity index (χ4n) is 2.33. The van der Waals surface area contributed by atoms with E-state index < -0.39 is 0 Å². The molecule has 0 saturated heterocycles. The second-order valence-electron chi connectivity index (χ2n) is 4.78. The standard InChI is InChI=1S/C15H24N2S2/c1-4-13(11-19-3)17(2)14(10-15(16)18)12-8-6-5-7-9-12/h5-9,13-14H,4,10-11H2,1-3H3,(H2,16,18). The lowest BCUT2D eigenvalue weighted by Gasteiger charge is -2.34. The molecule has 0 heterocycles. The topological polar surface area (TPSA) is 29.3 Å². The molecule has 0 aliphatic heterocycles. The second-order valence-corrected chi connectivity index (χ2v) is 6.21. The van der Waals surface area contributed by atoms with Crippen LogP contribution in [-0.2, 0) is 0 Å². The van der Waals surface area contributed by atoms with Crippen molar-refractivity contribution in [1.29, 1.82) is 0 Å². The number of benzene rings is 1. The number of nitrogens with zero attached hydrogens (tertiary/aromatic N) is 1. The fourth-order valence-corrected chi connectivity index (χ4v) is 3.35. The molecule has 0 saturated carbocycles. The molecule has 1 rings (SSSR count). The molecule has 0 aliphatic rings. The summed E-state index contributed by atoms with van der Waals surface area (Å²) in [5.74, 6) is 1.13. The van der Waals surface area contributed by atoms with Gasteiger partial charge < -0.3 is 5.73 Å². The normalized spacial score (nSPS) is 14.3. The first-order valence-corrected chi connectivity index (χ1v) is 8.44. The molecule has 106 valence electrons. The number of thioether (sulfide) groups is 1. The van der Waals surface area contributed by atoms with Crippen LogP contribution in [0.3, 0.4) is 0 Å². The molecular weight excluding hydrogens is 272 g/mol. The molecule has 0 aliphatic carbocycles. The largest absolute Gasteiger partial charge is 0.393 e. The lowest BCUT2D eigenvalue weighted by atomic mass is 10.0. The Balaban J connectivity index is 2.93. The van der Waals surface area contributed by atoms with E-state index in [1.54, 1.807) is 0 Å². The van der Waals surface area contributed by atoms with Gasteiger partial charge in [-0.25, -0.2) is 0 Å². The highest BCUT2D eigenvalue weighted by atomic mass is 32.2. The SMILES string of the molecule is CCC(CSC)N(C)C(CC(N)=S)c1ccccc1. The minimum absolute atomic E-state index is 0.274. The van der Waals surface area contributed by atoms with E-state index in [1.165, 1.54) is 5.56 Å². The Kier molecular flexibility index (Phi) is 7.42. The number of rotatable bonds is 8. The monoisotopic (exact) mass is 296 g/mol. The van der Waals surface area contributed by atoms with E-state index in [1.807, 2.05) is 17.8 Å². The van der Waals surface area contributed by atoms with Gasteiger partial charge in [-0.2, -0.15) is 11.8 Å². The van der Waals surface area contributed by atoms with Crippen molar-refractivity contribution in [2.45, 2.75) is 31.8 Å². The van der Waals surface area contributed by atoms with Crippen molar-refractivity contribution in [3.8, 4) is 0 Å². The summed E-state index contributed by atoms with van der Waals surface area (Å²) in [6.07, 6.45) is 4.03. The lowest BCUT2D eigenvalue weighted by Crippen LogP contribution is -2.38. The van der Waals surface area contributed by atoms with Crippen molar-refractivity contribution in [3.63, 3.8) is 0 Å². The minimum atomic E-state index is 0.274. The summed E-state index contributed by atoms with van der Waals surface area (Å²) in [5, 5.41) is 0. The molecular formula is C15H24N2S2. The number of nitrogens with two attached hydrogens (primary N) is 1. The van der Waals surface area contributed by atoms with E-state index in [0.29, 0.717) is 11.0 Å². The summed E-state index contributed by atoms with van der Waals surface area (Å²) in [7, 11) is 2.18. The van der Waals surface area contributed by atoms with Gasteiger partial charge in [-0.1, -0.05) is 49.5 Å². The molecule has 1 aromatic carbocycles. The first kappa shape index (κ1) is 16.5. The molecule has 0 fully saturated rings. The van der Waals surface area contributed by atoms with Gasteiger partial charge in [-0.05, 0) is 25.3 Å². The van der Waals surface area contributed by atoms with E-state index in [2.05, 4.69) is 49.4 Å². The van der Waals surface area contributed by atoms with Crippen LogP contribution in [0.5, 0.6) is 0 Å². The third-order valence-corrected chi connectivity index (χ3v) is 4.36. The first-order valence-electron chi connectivity index (χ1n) is 6.64. The van der Waals surface area contributed by atoms with Gasteiger partial charge in [0.15, 0.2) is 0 Å². The van der Waals surface area contributed by atoms with Crippen LogP contribution < -0.4 is 5.73 Å². The predicted molar refractivity (Wildman–Crippen MR) is 90.8 cm³/mol. The molecule has 4 heteroatoms. The van der Waals surface area contributed by atoms with Crippen LogP contribution in [0.25, 0.3) is 0 Å². The first-order chi connectivity index (χ1) is 9.10. The van der Waals surface area contributed by atoms with Crippen LogP contribution in [0.4, 0.5) is 0 Å². The molecule has 1 aromatic rings. The molecule has 0 spiro atoms. The molecule has 0 aromatic heterocycles. The summed E-state index contributed by atoms with van der Waals surface area (Å²) in [6, 6.07) is 11.3. The molecule has 0 bridgehead atoms. The third kappa shape index (κ3) is 5.13. The Labute approximate surface area is 126 Å². The number of hydrogen-bond acceptors (Lipinski definition) is 3. The Morgan fingerprint density at radius 1 is 1.37 bits per heavy atom. The summed E-state index contributed by atoms with van der Waals surface area (Å²) in [4.78, 5) is 3.00. The summed E-state index contributed by atoms with van der Waals surface area (Å²) in [5.41, 5.74) is 7.07. The summed E-state index contributed by atoms with van der Waals surface area (Å²) >= 11 is 7.01. The Morgan fingerprint density at radius 3 is 2.47 bits per heavy atom. The average molecular weight is 297 g/mol. The van der Waals surface area contributed by atoms with E-state index in [-0.39, 0.29) is 6.04 Å². The smallest absolute Gasteiger partial charge is 0.0746 e. The molecule has 19 heavy (non-hydrogen) atoms. The maximum Gasteiger partial charge on any atom is 0.0746 e. The Bertz CT molecular complexity index is 381. The van der Waals surface area contributed by atoms with Crippen LogP contribution in [0.2, 0.25) is 0 Å². The zero-order chi connectivity index (χ0) is 14.3. The van der Waals surface area contributed by atoms with Crippen molar-refractivity contribution in [2.75, 3.05) is 19.1 Å². The van der Waals surface area contributed by atoms with Crippen molar-refractivity contribution in [1.82, 2.24) is 4.90 Å². The van der Waals surface area contributed by atoms with Crippen LogP contribution in [-0.4, -0.2) is 35.0 Å². The maximum atomic E-state index is 5.78. The van der Waals surface area contributed by atoms with E-state index in [9.17, 15) is 0 Å². The van der Waals surface area contributed by atoms with Crippen LogP contribution in [0.1, 0.15) is 31.4 Å². The minimum Gasteiger partial charge on any atom is -0.393 e. The molecule has 2 atom stereocenters. The van der Waals surface area contributed by atoms with E-state index >= 15 is 0 Å². The zero-order valence-corrected chi connectivity index (χ0v) is 13.6. The van der Waals surface area contributed by atoms with E-state index in [0.717, 1.165) is 18.6 Å². The van der Waals surface area contributed by atoms with Gasteiger partial charge in [-0.3, -0.25) is 4.90 Å². The quantitative estimate of drug-likeness (QED) is 0.744. The van der Waals surface area contributed by atoms with Gasteiger partial charge in [-0.15, -0.1) is 0 Å². The highest BCUT2D eigenvalue weighted by Crippen LogP contribution is 2.26. The highest BCUT2D eigenvalue weighted by molar-refractivity contribution is 7.98. The van der Waals surface area contributed by atoms with Gasteiger partial charge >= 0.3 is 0 Å². The highest BCUT2D eigenvalue weighted by Gasteiger charge is 2.23. The molecule has 0 amide bonds. The van der Waals surface area contributed by atoms with Gasteiger partial charge in [0.25, 0.3) is 0 Å². The Hall–Kier alpha value is -0.580. The van der Waals surface area contributed by atoms with Crippen molar-refractivity contribution < 1.29 is 0 Å². The third-order valence-electron chi connectivity index (χ3n) is 3.48. The zero-order valence-electron chi connectivity index (χ0n) is 12.0. The van der Waals surface area contributed by atoms with Gasteiger partial charge in [0.05, 0.1) is 4.99 Å². The predicted octanol–water partition coefficient (Wildman–Crippen LogP) is 3.48. The average Bonchev–Trinajstić information content (AvgIpc) is 2.42. The fraction of sp³-hybridized carbons (Fsp3) is 0.533. The number of thiocarbonyl (C=S) groups is 1. The molecule has 2 nitrogen and oxygen atoms in total. The van der Waals surface area contributed by atoms with Crippen molar-refractivity contribution in [3.05, 3.63) is 35.9 Å². The second kappa shape index (κ2) is 8.56. The Morgan fingerprint density at radius 2 is 2.00 bits per heavy atom. The van der Waals surface area contributed by atoms with Crippen LogP contribution in [0, 0.1) is 0 Å². The van der Waals surface area contributed by atoms with Gasteiger partial charge in [0.2, 0.25) is 0 Å². The maximum absolute atomic E-state index is 5.78. The van der Waals surface area contributed by atoms with Crippen LogP contribution in [0.15, 0.2) is 30.3 Å². The molecule has 0 radical (unpaired) electrons. The summed E-state index contributed by atoms with van der Waals surface area (Å²) in [6.45, 7) is 2.24. The lowest BCUT2D eigenvalue weighted by molar-refractivity contribution is 0.188. The van der Waals surface area contributed by atoms with Crippen molar-refractivity contribution >= 4 is 29.0 Å². The summed E-state index contributed by atoms with van der Waals surface area (Å²) < 4.78 is 0. The molecule has 2 N–H and O–H groups in total. The van der Waals surface area contributed by atoms with E-state index in [4.69, 9.17) is 18.0 Å². The number of hydrogen-bond donors (Lipinski definition) is 1.